The summed E-state index contributed by atoms with van der Waals surface area (Å²) in [6, 6.07) is 8.00. The highest BCUT2D eigenvalue weighted by Gasteiger charge is 2.13. The van der Waals surface area contributed by atoms with E-state index in [9.17, 15) is 5.11 Å². The van der Waals surface area contributed by atoms with Crippen LogP contribution in [0, 0.1) is 0 Å². The van der Waals surface area contributed by atoms with Gasteiger partial charge in [-0.3, -0.25) is 0 Å². The van der Waals surface area contributed by atoms with Gasteiger partial charge in [-0.25, -0.2) is 0 Å². The standard InChI is InChI=1S/C12H10N2O/c15-11-7-13-6-5-9-8-3-1-2-4-10(8)14-12(9)11/h1-7,13-15H. The summed E-state index contributed by atoms with van der Waals surface area (Å²) in [7, 11) is 0. The minimum atomic E-state index is 0.228. The monoisotopic (exact) mass is 198 g/mol. The van der Waals surface area contributed by atoms with Gasteiger partial charge in [-0.2, -0.15) is 0 Å². The van der Waals surface area contributed by atoms with Crippen LogP contribution in [0.25, 0.3) is 22.7 Å². The molecule has 0 atom stereocenters. The Morgan fingerprint density at radius 2 is 2.00 bits per heavy atom. The van der Waals surface area contributed by atoms with Gasteiger partial charge in [0, 0.05) is 28.9 Å². The molecule has 0 spiro atoms. The smallest absolute Gasteiger partial charge is 0.155 e. The van der Waals surface area contributed by atoms with E-state index in [1.165, 1.54) is 0 Å². The molecule has 0 unspecified atom stereocenters. The number of aliphatic hydroxyl groups is 1. The number of para-hydroxylation sites is 1. The molecule has 0 radical (unpaired) electrons. The molecule has 15 heavy (non-hydrogen) atoms. The van der Waals surface area contributed by atoms with Crippen molar-refractivity contribution >= 4 is 22.7 Å². The molecular weight excluding hydrogens is 188 g/mol. The molecule has 0 aliphatic carbocycles. The second-order valence-electron chi connectivity index (χ2n) is 3.49. The summed E-state index contributed by atoms with van der Waals surface area (Å²) in [4.78, 5) is 3.20. The van der Waals surface area contributed by atoms with Gasteiger partial charge in [0.1, 0.15) is 0 Å². The average molecular weight is 198 g/mol. The van der Waals surface area contributed by atoms with Crippen molar-refractivity contribution in [2.24, 2.45) is 0 Å². The maximum Gasteiger partial charge on any atom is 0.155 e. The Morgan fingerprint density at radius 1 is 1.13 bits per heavy atom. The van der Waals surface area contributed by atoms with Crippen LogP contribution < -0.4 is 5.32 Å². The molecule has 0 bridgehead atoms. The summed E-state index contributed by atoms with van der Waals surface area (Å²) in [5, 5.41) is 13.8. The Morgan fingerprint density at radius 3 is 2.93 bits per heavy atom. The van der Waals surface area contributed by atoms with E-state index in [1.54, 1.807) is 6.20 Å². The summed E-state index contributed by atoms with van der Waals surface area (Å²) in [5.41, 5.74) is 2.82. The van der Waals surface area contributed by atoms with Crippen LogP contribution in [-0.4, -0.2) is 10.1 Å². The van der Waals surface area contributed by atoms with Crippen molar-refractivity contribution < 1.29 is 5.11 Å². The van der Waals surface area contributed by atoms with E-state index >= 15 is 0 Å². The van der Waals surface area contributed by atoms with Crippen LogP contribution in [-0.2, 0) is 0 Å². The predicted octanol–water partition coefficient (Wildman–Crippen LogP) is 2.60. The number of benzene rings is 1. The second kappa shape index (κ2) is 2.92. The van der Waals surface area contributed by atoms with Gasteiger partial charge >= 0.3 is 0 Å². The molecule has 0 saturated carbocycles. The molecule has 3 N–H and O–H groups in total. The number of aromatic nitrogens is 1. The van der Waals surface area contributed by atoms with E-state index in [1.807, 2.05) is 36.5 Å². The molecule has 3 heteroatoms. The molecule has 2 aromatic rings. The highest BCUT2D eigenvalue weighted by molar-refractivity contribution is 5.94. The third-order valence-corrected chi connectivity index (χ3v) is 2.57. The Balaban J connectivity index is 2.41. The van der Waals surface area contributed by atoms with Crippen molar-refractivity contribution in [2.45, 2.75) is 0 Å². The summed E-state index contributed by atoms with van der Waals surface area (Å²) in [5.74, 6) is 0.228. The van der Waals surface area contributed by atoms with Crippen molar-refractivity contribution in [3.05, 3.63) is 47.9 Å². The molecule has 1 aromatic carbocycles. The van der Waals surface area contributed by atoms with Crippen LogP contribution >= 0.6 is 0 Å². The Labute approximate surface area is 86.7 Å². The maximum absolute atomic E-state index is 9.77. The minimum Gasteiger partial charge on any atom is -0.504 e. The van der Waals surface area contributed by atoms with Crippen LogP contribution in [0.15, 0.2) is 36.7 Å². The van der Waals surface area contributed by atoms with Crippen LogP contribution in [0.3, 0.4) is 0 Å². The fraction of sp³-hybridized carbons (Fsp3) is 0. The van der Waals surface area contributed by atoms with Crippen LogP contribution in [0.4, 0.5) is 0 Å². The summed E-state index contributed by atoms with van der Waals surface area (Å²) >= 11 is 0. The van der Waals surface area contributed by atoms with Gasteiger partial charge in [-0.05, 0) is 12.1 Å². The third-order valence-electron chi connectivity index (χ3n) is 2.57. The lowest BCUT2D eigenvalue weighted by Gasteiger charge is -1.95. The average Bonchev–Trinajstić information content (AvgIpc) is 2.54. The van der Waals surface area contributed by atoms with E-state index in [2.05, 4.69) is 10.3 Å². The number of H-pyrrole nitrogens is 1. The normalized spacial score (nSPS) is 14.3. The summed E-state index contributed by atoms with van der Waals surface area (Å²) in [6.07, 6.45) is 5.33. The summed E-state index contributed by atoms with van der Waals surface area (Å²) < 4.78 is 0. The Kier molecular flexibility index (Phi) is 1.59. The van der Waals surface area contributed by atoms with Gasteiger partial charge in [-0.1, -0.05) is 18.2 Å². The van der Waals surface area contributed by atoms with Crippen LogP contribution in [0.2, 0.25) is 0 Å². The number of nitrogens with one attached hydrogen (secondary N) is 2. The fourth-order valence-electron chi connectivity index (χ4n) is 1.87. The van der Waals surface area contributed by atoms with E-state index in [0.717, 1.165) is 22.2 Å². The van der Waals surface area contributed by atoms with E-state index in [-0.39, 0.29) is 5.76 Å². The van der Waals surface area contributed by atoms with Gasteiger partial charge in [0.25, 0.3) is 0 Å². The fourth-order valence-corrected chi connectivity index (χ4v) is 1.87. The number of aromatic amines is 1. The lowest BCUT2D eigenvalue weighted by atomic mass is 10.1. The largest absolute Gasteiger partial charge is 0.504 e. The first-order valence-corrected chi connectivity index (χ1v) is 4.79. The number of fused-ring (bicyclic) bond motifs is 3. The quantitative estimate of drug-likeness (QED) is 0.609. The van der Waals surface area contributed by atoms with Crippen molar-refractivity contribution in [3.8, 4) is 0 Å². The highest BCUT2D eigenvalue weighted by atomic mass is 16.3. The zero-order valence-corrected chi connectivity index (χ0v) is 7.99. The molecule has 1 aliphatic heterocycles. The lowest BCUT2D eigenvalue weighted by Crippen LogP contribution is -1.92. The molecular formula is C12H10N2O. The summed E-state index contributed by atoms with van der Waals surface area (Å²) in [6.45, 7) is 0. The Hall–Kier alpha value is -2.16. The topological polar surface area (TPSA) is 48.0 Å². The van der Waals surface area contributed by atoms with Gasteiger partial charge in [0.15, 0.2) is 5.76 Å². The zero-order valence-electron chi connectivity index (χ0n) is 7.99. The van der Waals surface area contributed by atoms with Gasteiger partial charge in [0.2, 0.25) is 0 Å². The van der Waals surface area contributed by atoms with Crippen LogP contribution in [0.5, 0.6) is 0 Å². The molecule has 74 valence electrons. The minimum absolute atomic E-state index is 0.228. The number of aliphatic hydroxyl groups excluding tert-OH is 1. The predicted molar refractivity (Wildman–Crippen MR) is 61.1 cm³/mol. The highest BCUT2D eigenvalue weighted by Crippen LogP contribution is 2.28. The van der Waals surface area contributed by atoms with Crippen molar-refractivity contribution in [3.63, 3.8) is 0 Å². The first-order valence-electron chi connectivity index (χ1n) is 4.79. The van der Waals surface area contributed by atoms with Gasteiger partial charge in [0.05, 0.1) is 5.69 Å². The zero-order chi connectivity index (χ0) is 10.3. The molecule has 3 nitrogen and oxygen atoms in total. The molecule has 0 amide bonds. The number of hydrogen-bond donors (Lipinski definition) is 3. The second-order valence-corrected chi connectivity index (χ2v) is 3.49. The van der Waals surface area contributed by atoms with Crippen molar-refractivity contribution in [2.75, 3.05) is 0 Å². The third kappa shape index (κ3) is 1.13. The van der Waals surface area contributed by atoms with E-state index in [4.69, 9.17) is 0 Å². The molecule has 2 heterocycles. The maximum atomic E-state index is 9.77. The number of rotatable bonds is 0. The molecule has 1 aromatic heterocycles. The number of hydrogen-bond acceptors (Lipinski definition) is 2. The molecule has 0 saturated heterocycles. The molecule has 0 fully saturated rings. The van der Waals surface area contributed by atoms with Crippen molar-refractivity contribution in [1.29, 1.82) is 0 Å². The van der Waals surface area contributed by atoms with Crippen molar-refractivity contribution in [1.82, 2.24) is 10.3 Å². The van der Waals surface area contributed by atoms with Gasteiger partial charge in [-0.15, -0.1) is 0 Å². The Bertz CT molecular complexity index is 578. The SMILES string of the molecule is OC1=CNC=Cc2c1[nH]c1ccccc21. The van der Waals surface area contributed by atoms with E-state index < -0.39 is 0 Å². The van der Waals surface area contributed by atoms with Gasteiger partial charge < -0.3 is 15.4 Å². The molecule has 3 rings (SSSR count). The first kappa shape index (κ1) is 8.17. The van der Waals surface area contributed by atoms with Crippen LogP contribution in [0.1, 0.15) is 11.3 Å². The lowest BCUT2D eigenvalue weighted by molar-refractivity contribution is 0.506. The first-order chi connectivity index (χ1) is 7.36. The molecule has 1 aliphatic rings. The van der Waals surface area contributed by atoms with E-state index in [0.29, 0.717) is 0 Å².